The molecule has 33 heavy (non-hydrogen) atoms. The summed E-state index contributed by atoms with van der Waals surface area (Å²) in [6.07, 6.45) is 23.8. The first-order valence-electron chi connectivity index (χ1n) is 12.9. The SMILES string of the molecule is C=C/C(=C\C=C/C)c1cn(CCCNC(=O)C2CCCCCCCC2)c2ncc(CC)cc12. The third-order valence-corrected chi connectivity index (χ3v) is 6.78. The standard InChI is InChI=1S/C29H41N3O/c1-4-7-15-24(6-3)27-22-32(28-26(27)20-23(5-2)21-31-28)19-14-18-30-29(33)25-16-12-10-8-9-11-13-17-25/h4,6-7,15,20-22,25H,3,5,8-14,16-19H2,1-2H3,(H,30,33)/b7-4-,24-15+. The topological polar surface area (TPSA) is 46.9 Å². The van der Waals surface area contributed by atoms with Crippen LogP contribution in [-0.2, 0) is 17.8 Å². The minimum atomic E-state index is 0.197. The van der Waals surface area contributed by atoms with Gasteiger partial charge in [-0.15, -0.1) is 0 Å². The largest absolute Gasteiger partial charge is 0.356 e. The van der Waals surface area contributed by atoms with Crippen molar-refractivity contribution in [3.8, 4) is 0 Å². The normalized spacial score (nSPS) is 16.5. The molecule has 1 aliphatic rings. The molecular formula is C29H41N3O. The molecule has 0 unspecified atom stereocenters. The molecule has 4 heteroatoms. The van der Waals surface area contributed by atoms with E-state index in [2.05, 4.69) is 41.7 Å². The fourth-order valence-corrected chi connectivity index (χ4v) is 4.78. The van der Waals surface area contributed by atoms with Gasteiger partial charge < -0.3 is 9.88 Å². The van der Waals surface area contributed by atoms with E-state index in [0.29, 0.717) is 6.54 Å². The maximum Gasteiger partial charge on any atom is 0.223 e. The van der Waals surface area contributed by atoms with Crippen LogP contribution in [0.3, 0.4) is 0 Å². The van der Waals surface area contributed by atoms with E-state index in [1.54, 1.807) is 0 Å². The van der Waals surface area contributed by atoms with E-state index in [1.165, 1.54) is 49.5 Å². The first-order chi connectivity index (χ1) is 16.2. The Balaban J connectivity index is 1.67. The molecule has 1 fully saturated rings. The molecule has 0 aromatic carbocycles. The van der Waals surface area contributed by atoms with Crippen LogP contribution in [0.15, 0.2) is 49.3 Å². The molecule has 1 saturated carbocycles. The van der Waals surface area contributed by atoms with Crippen LogP contribution >= 0.6 is 0 Å². The summed E-state index contributed by atoms with van der Waals surface area (Å²) >= 11 is 0. The van der Waals surface area contributed by atoms with Crippen molar-refractivity contribution in [2.24, 2.45) is 5.92 Å². The summed E-state index contributed by atoms with van der Waals surface area (Å²) in [5, 5.41) is 4.38. The van der Waals surface area contributed by atoms with Gasteiger partial charge in [0.1, 0.15) is 5.65 Å². The van der Waals surface area contributed by atoms with Gasteiger partial charge in [-0.1, -0.05) is 76.3 Å². The number of carbonyl (C=O) groups is 1. The van der Waals surface area contributed by atoms with Crippen molar-refractivity contribution in [3.63, 3.8) is 0 Å². The van der Waals surface area contributed by atoms with E-state index in [4.69, 9.17) is 4.98 Å². The molecule has 0 saturated heterocycles. The van der Waals surface area contributed by atoms with Gasteiger partial charge in [0.2, 0.25) is 5.91 Å². The van der Waals surface area contributed by atoms with Crippen LogP contribution in [-0.4, -0.2) is 22.0 Å². The van der Waals surface area contributed by atoms with Crippen molar-refractivity contribution in [3.05, 3.63) is 60.5 Å². The van der Waals surface area contributed by atoms with Gasteiger partial charge in [-0.2, -0.15) is 0 Å². The number of pyridine rings is 1. The van der Waals surface area contributed by atoms with E-state index in [1.807, 2.05) is 31.3 Å². The summed E-state index contributed by atoms with van der Waals surface area (Å²) in [6.45, 7) is 9.74. The van der Waals surface area contributed by atoms with Crippen molar-refractivity contribution < 1.29 is 4.79 Å². The predicted molar refractivity (Wildman–Crippen MR) is 140 cm³/mol. The van der Waals surface area contributed by atoms with Gasteiger partial charge in [0.15, 0.2) is 0 Å². The van der Waals surface area contributed by atoms with E-state index < -0.39 is 0 Å². The fourth-order valence-electron chi connectivity index (χ4n) is 4.78. The molecule has 0 bridgehead atoms. The van der Waals surface area contributed by atoms with Crippen LogP contribution in [0.25, 0.3) is 16.6 Å². The smallest absolute Gasteiger partial charge is 0.223 e. The van der Waals surface area contributed by atoms with Gasteiger partial charge in [0.05, 0.1) is 0 Å². The summed E-state index contributed by atoms with van der Waals surface area (Å²) < 4.78 is 2.23. The number of hydrogen-bond donors (Lipinski definition) is 1. The lowest BCUT2D eigenvalue weighted by Crippen LogP contribution is -2.32. The Bertz CT molecular complexity index is 972. The highest BCUT2D eigenvalue weighted by Gasteiger charge is 2.18. The van der Waals surface area contributed by atoms with Gasteiger partial charge in [-0.25, -0.2) is 4.98 Å². The summed E-state index contributed by atoms with van der Waals surface area (Å²) in [4.78, 5) is 17.5. The summed E-state index contributed by atoms with van der Waals surface area (Å²) in [5.41, 5.74) is 4.49. The summed E-state index contributed by atoms with van der Waals surface area (Å²) in [6, 6.07) is 2.25. The molecular weight excluding hydrogens is 406 g/mol. The lowest BCUT2D eigenvalue weighted by Gasteiger charge is -2.16. The molecule has 2 heterocycles. The average Bonchev–Trinajstić information content (AvgIpc) is 3.26. The molecule has 1 aliphatic carbocycles. The Morgan fingerprint density at radius 1 is 1.21 bits per heavy atom. The maximum absolute atomic E-state index is 12.7. The number of allylic oxidation sites excluding steroid dienone is 5. The highest BCUT2D eigenvalue weighted by molar-refractivity contribution is 5.94. The number of carbonyl (C=O) groups excluding carboxylic acids is 1. The Morgan fingerprint density at radius 3 is 2.61 bits per heavy atom. The Hall–Kier alpha value is -2.62. The van der Waals surface area contributed by atoms with Gasteiger partial charge in [0.25, 0.3) is 0 Å². The van der Waals surface area contributed by atoms with E-state index in [-0.39, 0.29) is 11.8 Å². The summed E-state index contributed by atoms with van der Waals surface area (Å²) in [7, 11) is 0. The van der Waals surface area contributed by atoms with Crippen LogP contribution < -0.4 is 5.32 Å². The number of nitrogens with zero attached hydrogens (tertiary/aromatic N) is 2. The number of hydrogen-bond acceptors (Lipinski definition) is 2. The molecule has 0 radical (unpaired) electrons. The Labute approximate surface area is 199 Å². The molecule has 2 aromatic rings. The van der Waals surface area contributed by atoms with Crippen LogP contribution in [0.1, 0.15) is 82.8 Å². The second-order valence-electron chi connectivity index (χ2n) is 9.20. The number of nitrogens with one attached hydrogen (secondary N) is 1. The van der Waals surface area contributed by atoms with Crippen LogP contribution in [0.4, 0.5) is 0 Å². The minimum Gasteiger partial charge on any atom is -0.356 e. The van der Waals surface area contributed by atoms with Gasteiger partial charge in [-0.05, 0) is 49.8 Å². The predicted octanol–water partition coefficient (Wildman–Crippen LogP) is 7.00. The van der Waals surface area contributed by atoms with Crippen LogP contribution in [0, 0.1) is 5.92 Å². The molecule has 3 rings (SSSR count). The van der Waals surface area contributed by atoms with Gasteiger partial charge in [0, 0.05) is 42.4 Å². The number of aryl methyl sites for hydroxylation is 2. The molecule has 1 amide bonds. The third-order valence-electron chi connectivity index (χ3n) is 6.78. The zero-order valence-electron chi connectivity index (χ0n) is 20.6. The Kier molecular flexibility index (Phi) is 9.99. The highest BCUT2D eigenvalue weighted by atomic mass is 16.1. The molecule has 0 atom stereocenters. The minimum absolute atomic E-state index is 0.197. The molecule has 2 aromatic heterocycles. The van der Waals surface area contributed by atoms with Crippen molar-refractivity contribution in [1.29, 1.82) is 0 Å². The molecule has 1 N–H and O–H groups in total. The average molecular weight is 448 g/mol. The number of aromatic nitrogens is 2. The molecule has 178 valence electrons. The van der Waals surface area contributed by atoms with Crippen LogP contribution in [0.2, 0.25) is 0 Å². The second kappa shape index (κ2) is 13.2. The zero-order valence-corrected chi connectivity index (χ0v) is 20.6. The lowest BCUT2D eigenvalue weighted by atomic mass is 9.96. The van der Waals surface area contributed by atoms with Crippen molar-refractivity contribution >= 4 is 22.5 Å². The number of amides is 1. The van der Waals surface area contributed by atoms with Gasteiger partial charge in [-0.3, -0.25) is 4.79 Å². The van der Waals surface area contributed by atoms with E-state index in [0.717, 1.165) is 49.0 Å². The zero-order chi connectivity index (χ0) is 23.5. The number of fused-ring (bicyclic) bond motifs is 1. The highest BCUT2D eigenvalue weighted by Crippen LogP contribution is 2.28. The van der Waals surface area contributed by atoms with E-state index in [9.17, 15) is 4.79 Å². The second-order valence-corrected chi connectivity index (χ2v) is 9.20. The van der Waals surface area contributed by atoms with E-state index >= 15 is 0 Å². The first kappa shape index (κ1) is 25.0. The van der Waals surface area contributed by atoms with Gasteiger partial charge >= 0.3 is 0 Å². The molecule has 4 nitrogen and oxygen atoms in total. The first-order valence-corrected chi connectivity index (χ1v) is 12.9. The molecule has 0 aliphatic heterocycles. The van der Waals surface area contributed by atoms with Crippen LogP contribution in [0.5, 0.6) is 0 Å². The third kappa shape index (κ3) is 6.93. The fraction of sp³-hybridized carbons (Fsp3) is 0.517. The molecule has 0 spiro atoms. The summed E-state index contributed by atoms with van der Waals surface area (Å²) in [5.74, 6) is 0.451. The van der Waals surface area contributed by atoms with Crippen molar-refractivity contribution in [1.82, 2.24) is 14.9 Å². The van der Waals surface area contributed by atoms with Crippen molar-refractivity contribution in [2.45, 2.75) is 84.6 Å². The Morgan fingerprint density at radius 2 is 1.94 bits per heavy atom. The lowest BCUT2D eigenvalue weighted by molar-refractivity contribution is -0.125. The number of rotatable bonds is 9. The quantitative estimate of drug-likeness (QED) is 0.332. The maximum atomic E-state index is 12.7. The monoisotopic (exact) mass is 447 g/mol. The van der Waals surface area contributed by atoms with Crippen molar-refractivity contribution in [2.75, 3.05) is 6.54 Å².